The van der Waals surface area contributed by atoms with Gasteiger partial charge in [-0.1, -0.05) is 17.3 Å². The predicted octanol–water partition coefficient (Wildman–Crippen LogP) is 3.47. The molecule has 3 heterocycles. The number of alkyl halides is 3. The first kappa shape index (κ1) is 17.4. The van der Waals surface area contributed by atoms with Crippen molar-refractivity contribution in [3.63, 3.8) is 0 Å². The van der Waals surface area contributed by atoms with Crippen LogP contribution in [0.5, 0.6) is 5.75 Å². The summed E-state index contributed by atoms with van der Waals surface area (Å²) in [5.41, 5.74) is 0.465. The van der Waals surface area contributed by atoms with Gasteiger partial charge in [0.05, 0.1) is 7.11 Å². The summed E-state index contributed by atoms with van der Waals surface area (Å²) in [5, 5.41) is 4.13. The van der Waals surface area contributed by atoms with Gasteiger partial charge in [0.15, 0.2) is 22.9 Å². The molecule has 2 aromatic heterocycles. The third-order valence-corrected chi connectivity index (χ3v) is 4.46. The van der Waals surface area contributed by atoms with Crippen LogP contribution in [0.3, 0.4) is 0 Å². The molecule has 1 amide bonds. The number of rotatable bonds is 3. The topological polar surface area (TPSA) is 81.6 Å². The Morgan fingerprint density at radius 3 is 2.89 bits per heavy atom. The molecule has 1 aliphatic rings. The summed E-state index contributed by atoms with van der Waals surface area (Å²) in [4.78, 5) is 17.6. The first-order valence-electron chi connectivity index (χ1n) is 8.13. The smallest absolute Gasteiger partial charge is 0.471 e. The van der Waals surface area contributed by atoms with Gasteiger partial charge in [0.25, 0.3) is 5.91 Å². The van der Waals surface area contributed by atoms with Crippen LogP contribution in [0.1, 0.15) is 34.6 Å². The van der Waals surface area contributed by atoms with Crippen molar-refractivity contribution in [1.82, 2.24) is 15.0 Å². The highest BCUT2D eigenvalue weighted by Crippen LogP contribution is 2.33. The second-order valence-corrected chi connectivity index (χ2v) is 6.18. The van der Waals surface area contributed by atoms with E-state index < -0.39 is 18.0 Å². The van der Waals surface area contributed by atoms with Crippen molar-refractivity contribution in [1.29, 1.82) is 0 Å². The Labute approximate surface area is 150 Å². The quantitative estimate of drug-likeness (QED) is 0.691. The normalized spacial score (nSPS) is 17.6. The van der Waals surface area contributed by atoms with Gasteiger partial charge in [-0.3, -0.25) is 4.79 Å². The maximum atomic E-state index is 12.7. The minimum absolute atomic E-state index is 0.0519. The molecule has 1 aromatic carbocycles. The maximum Gasteiger partial charge on any atom is 0.471 e. The maximum absolute atomic E-state index is 12.7. The molecule has 1 atom stereocenters. The highest BCUT2D eigenvalue weighted by Gasteiger charge is 2.40. The van der Waals surface area contributed by atoms with Gasteiger partial charge in [-0.15, -0.1) is 0 Å². The van der Waals surface area contributed by atoms with Crippen molar-refractivity contribution < 1.29 is 31.6 Å². The zero-order chi connectivity index (χ0) is 19.2. The van der Waals surface area contributed by atoms with E-state index in [1.54, 1.807) is 24.3 Å². The third-order valence-electron chi connectivity index (χ3n) is 4.46. The number of benzene rings is 1. The highest BCUT2D eigenvalue weighted by molar-refractivity contribution is 5.97. The highest BCUT2D eigenvalue weighted by atomic mass is 19.4. The van der Waals surface area contributed by atoms with E-state index in [0.717, 1.165) is 5.39 Å². The van der Waals surface area contributed by atoms with Gasteiger partial charge < -0.3 is 18.6 Å². The number of carbonyl (C=O) groups is 1. The van der Waals surface area contributed by atoms with E-state index in [9.17, 15) is 18.0 Å². The molecule has 142 valence electrons. The molecule has 0 N–H and O–H groups in total. The number of methoxy groups -OCH3 is 1. The van der Waals surface area contributed by atoms with E-state index in [-0.39, 0.29) is 24.0 Å². The molecule has 0 bridgehead atoms. The minimum Gasteiger partial charge on any atom is -0.493 e. The molecule has 0 radical (unpaired) electrons. The number of carbonyl (C=O) groups excluding carboxylic acids is 1. The van der Waals surface area contributed by atoms with Gasteiger partial charge in [0.2, 0.25) is 0 Å². The summed E-state index contributed by atoms with van der Waals surface area (Å²) in [6.45, 7) is 0.539. The molecular formula is C17H14F3N3O4. The molecule has 3 aromatic rings. The average molecular weight is 381 g/mol. The minimum atomic E-state index is -4.69. The number of halogens is 3. The van der Waals surface area contributed by atoms with Gasteiger partial charge >= 0.3 is 12.1 Å². The zero-order valence-corrected chi connectivity index (χ0v) is 14.1. The molecule has 7 nitrogen and oxygen atoms in total. The largest absolute Gasteiger partial charge is 0.493 e. The molecule has 4 rings (SSSR count). The van der Waals surface area contributed by atoms with Crippen LogP contribution >= 0.6 is 0 Å². The van der Waals surface area contributed by atoms with Gasteiger partial charge in [0.1, 0.15) is 0 Å². The lowest BCUT2D eigenvalue weighted by molar-refractivity contribution is -0.159. The molecule has 0 aliphatic carbocycles. The van der Waals surface area contributed by atoms with Crippen LogP contribution in [-0.2, 0) is 6.18 Å². The van der Waals surface area contributed by atoms with Crippen LogP contribution in [0.15, 0.2) is 33.2 Å². The monoisotopic (exact) mass is 381 g/mol. The lowest BCUT2D eigenvalue weighted by Crippen LogP contribution is -2.28. The molecule has 0 saturated carbocycles. The number of hydrogen-bond donors (Lipinski definition) is 0. The number of nitrogens with zero attached hydrogens (tertiary/aromatic N) is 3. The number of ether oxygens (including phenoxy) is 1. The fourth-order valence-corrected chi connectivity index (χ4v) is 3.13. The second kappa shape index (κ2) is 6.29. The standard InChI is InChI=1S/C17H14F3N3O4/c1-25-11-4-2-3-9-7-12(26-13(9)11)15(24)23-6-5-10(8-23)14-21-16(27-22-14)17(18,19)20/h2-4,7,10H,5-6,8H2,1H3. The number of amides is 1. The molecule has 1 aliphatic heterocycles. The fourth-order valence-electron chi connectivity index (χ4n) is 3.13. The van der Waals surface area contributed by atoms with E-state index in [4.69, 9.17) is 9.15 Å². The van der Waals surface area contributed by atoms with E-state index in [1.165, 1.54) is 12.0 Å². The first-order valence-corrected chi connectivity index (χ1v) is 8.13. The molecular weight excluding hydrogens is 367 g/mol. The average Bonchev–Trinajstić information content (AvgIpc) is 3.37. The summed E-state index contributed by atoms with van der Waals surface area (Å²) in [7, 11) is 1.50. The Balaban J connectivity index is 1.52. The molecule has 10 heteroatoms. The zero-order valence-electron chi connectivity index (χ0n) is 14.1. The van der Waals surface area contributed by atoms with Crippen molar-refractivity contribution in [2.24, 2.45) is 0 Å². The third kappa shape index (κ3) is 3.11. The number of hydrogen-bond acceptors (Lipinski definition) is 6. The summed E-state index contributed by atoms with van der Waals surface area (Å²) < 4.78 is 52.9. The van der Waals surface area contributed by atoms with E-state index in [2.05, 4.69) is 14.7 Å². The SMILES string of the molecule is COc1cccc2cc(C(=O)N3CCC(c4noc(C(F)(F)F)n4)C3)oc12. The predicted molar refractivity (Wildman–Crippen MR) is 85.3 cm³/mol. The van der Waals surface area contributed by atoms with Gasteiger partial charge in [0, 0.05) is 24.4 Å². The van der Waals surface area contributed by atoms with Crippen LogP contribution in [0.25, 0.3) is 11.0 Å². The Hall–Kier alpha value is -3.04. The number of likely N-dealkylation sites (tertiary alicyclic amines) is 1. The summed E-state index contributed by atoms with van der Waals surface area (Å²) in [5.74, 6) is -1.56. The summed E-state index contributed by atoms with van der Waals surface area (Å²) in [6, 6.07) is 6.91. The molecule has 1 unspecified atom stereocenters. The van der Waals surface area contributed by atoms with Crippen molar-refractivity contribution in [2.75, 3.05) is 20.2 Å². The van der Waals surface area contributed by atoms with E-state index >= 15 is 0 Å². The molecule has 27 heavy (non-hydrogen) atoms. The molecule has 1 saturated heterocycles. The Morgan fingerprint density at radius 2 is 2.19 bits per heavy atom. The van der Waals surface area contributed by atoms with Crippen molar-refractivity contribution in [3.05, 3.63) is 41.7 Å². The lowest BCUT2D eigenvalue weighted by atomic mass is 10.1. The summed E-state index contributed by atoms with van der Waals surface area (Å²) in [6.07, 6.45) is -4.25. The lowest BCUT2D eigenvalue weighted by Gasteiger charge is -2.13. The van der Waals surface area contributed by atoms with Gasteiger partial charge in [-0.05, 0) is 18.6 Å². The van der Waals surface area contributed by atoms with Gasteiger partial charge in [-0.25, -0.2) is 0 Å². The van der Waals surface area contributed by atoms with Crippen LogP contribution < -0.4 is 4.74 Å². The number of aromatic nitrogens is 2. The Kier molecular flexibility index (Phi) is 4.05. The van der Waals surface area contributed by atoms with Crippen LogP contribution in [0.4, 0.5) is 13.2 Å². The Morgan fingerprint density at radius 1 is 1.37 bits per heavy atom. The van der Waals surface area contributed by atoms with Crippen LogP contribution in [-0.4, -0.2) is 41.1 Å². The van der Waals surface area contributed by atoms with Crippen molar-refractivity contribution in [2.45, 2.75) is 18.5 Å². The fraction of sp³-hybridized carbons (Fsp3) is 0.353. The second-order valence-electron chi connectivity index (χ2n) is 6.18. The van der Waals surface area contributed by atoms with E-state index in [0.29, 0.717) is 24.3 Å². The number of para-hydroxylation sites is 1. The Bertz CT molecular complexity index is 995. The van der Waals surface area contributed by atoms with Crippen molar-refractivity contribution >= 4 is 16.9 Å². The van der Waals surface area contributed by atoms with Crippen LogP contribution in [0, 0.1) is 0 Å². The van der Waals surface area contributed by atoms with Crippen molar-refractivity contribution in [3.8, 4) is 5.75 Å². The van der Waals surface area contributed by atoms with E-state index in [1.807, 2.05) is 0 Å². The number of furan rings is 1. The summed E-state index contributed by atoms with van der Waals surface area (Å²) >= 11 is 0. The molecule has 0 spiro atoms. The number of fused-ring (bicyclic) bond motifs is 1. The van der Waals surface area contributed by atoms with Gasteiger partial charge in [-0.2, -0.15) is 18.2 Å². The molecule has 1 fully saturated rings. The van der Waals surface area contributed by atoms with Crippen LogP contribution in [0.2, 0.25) is 0 Å². The first-order chi connectivity index (χ1) is 12.9.